The first kappa shape index (κ1) is 22.9. The van der Waals surface area contributed by atoms with Gasteiger partial charge in [-0.2, -0.15) is 5.10 Å². The maximum absolute atomic E-state index is 12.6. The van der Waals surface area contributed by atoms with Crippen LogP contribution in [-0.2, 0) is 16.6 Å². The summed E-state index contributed by atoms with van der Waals surface area (Å²) >= 11 is 0. The number of aryl methyl sites for hydroxylation is 2. The molecule has 0 aliphatic rings. The number of sulfonamides is 1. The number of benzene rings is 2. The van der Waals surface area contributed by atoms with E-state index in [0.717, 1.165) is 18.9 Å². The zero-order valence-electron chi connectivity index (χ0n) is 17.6. The number of rotatable bonds is 9. The lowest BCUT2D eigenvalue weighted by molar-refractivity contribution is -0.385. The number of nitrogens with one attached hydrogen (secondary N) is 2. The van der Waals surface area contributed by atoms with E-state index >= 15 is 0 Å². The number of anilines is 2. The summed E-state index contributed by atoms with van der Waals surface area (Å²) in [5, 5.41) is 18.1. The van der Waals surface area contributed by atoms with Gasteiger partial charge in [0.1, 0.15) is 5.82 Å². The minimum Gasteiger partial charge on any atom is -0.307 e. The van der Waals surface area contributed by atoms with E-state index in [2.05, 4.69) is 22.1 Å². The van der Waals surface area contributed by atoms with Crippen molar-refractivity contribution >= 4 is 33.1 Å². The molecule has 0 unspecified atom stereocenters. The number of nitro groups is 1. The van der Waals surface area contributed by atoms with Crippen LogP contribution < -0.4 is 10.0 Å². The number of hydrogen-bond donors (Lipinski definition) is 2. The van der Waals surface area contributed by atoms with Crippen molar-refractivity contribution in [3.63, 3.8) is 0 Å². The van der Waals surface area contributed by atoms with Crippen LogP contribution in [0, 0.1) is 17.0 Å². The van der Waals surface area contributed by atoms with E-state index in [0.29, 0.717) is 23.5 Å². The van der Waals surface area contributed by atoms with Crippen molar-refractivity contribution in [3.05, 3.63) is 76.0 Å². The average Bonchev–Trinajstić information content (AvgIpc) is 3.19. The molecule has 0 fully saturated rings. The summed E-state index contributed by atoms with van der Waals surface area (Å²) in [7, 11) is -4.04. The monoisotopic (exact) mass is 457 g/mol. The first-order chi connectivity index (χ1) is 15.2. The lowest BCUT2D eigenvalue weighted by atomic mass is 10.2. The Hall–Kier alpha value is -3.73. The molecule has 10 nitrogen and oxygen atoms in total. The van der Waals surface area contributed by atoms with Gasteiger partial charge < -0.3 is 5.32 Å². The second kappa shape index (κ2) is 9.60. The van der Waals surface area contributed by atoms with E-state index in [1.807, 2.05) is 0 Å². The Morgan fingerprint density at radius 3 is 2.53 bits per heavy atom. The van der Waals surface area contributed by atoms with Crippen molar-refractivity contribution in [2.24, 2.45) is 0 Å². The third-order valence-electron chi connectivity index (χ3n) is 4.77. The van der Waals surface area contributed by atoms with Crippen LogP contribution in [0.25, 0.3) is 0 Å². The Morgan fingerprint density at radius 2 is 1.88 bits per heavy atom. The fraction of sp³-hybridized carbons (Fsp3) is 0.238. The molecule has 0 aliphatic heterocycles. The maximum Gasteiger partial charge on any atom is 0.273 e. The van der Waals surface area contributed by atoms with Crippen molar-refractivity contribution in [1.82, 2.24) is 9.78 Å². The Morgan fingerprint density at radius 1 is 1.16 bits per heavy atom. The van der Waals surface area contributed by atoms with Gasteiger partial charge in [-0.05, 0) is 43.7 Å². The number of nitrogens with zero attached hydrogens (tertiary/aromatic N) is 3. The second-order valence-electron chi connectivity index (χ2n) is 7.14. The van der Waals surface area contributed by atoms with Gasteiger partial charge in [0.15, 0.2) is 0 Å². The van der Waals surface area contributed by atoms with Crippen molar-refractivity contribution < 1.29 is 18.1 Å². The SMILES string of the molecule is CCCCn1nccc1NC(=O)c1ccc(NS(=O)(=O)c2ccc(C)c([N+](=O)[O-])c2)cc1. The molecule has 3 aromatic rings. The van der Waals surface area contributed by atoms with Crippen LogP contribution in [0.5, 0.6) is 0 Å². The quantitative estimate of drug-likeness (QED) is 0.369. The fourth-order valence-electron chi connectivity index (χ4n) is 2.97. The molecule has 32 heavy (non-hydrogen) atoms. The zero-order valence-corrected chi connectivity index (χ0v) is 18.4. The van der Waals surface area contributed by atoms with E-state index < -0.39 is 14.9 Å². The molecule has 2 aromatic carbocycles. The van der Waals surface area contributed by atoms with Gasteiger partial charge in [-0.15, -0.1) is 0 Å². The third-order valence-corrected chi connectivity index (χ3v) is 6.15. The molecule has 2 N–H and O–H groups in total. The Balaban J connectivity index is 1.72. The molecule has 0 spiro atoms. The van der Waals surface area contributed by atoms with E-state index in [1.165, 1.54) is 43.3 Å². The van der Waals surface area contributed by atoms with Gasteiger partial charge in [0.05, 0.1) is 16.0 Å². The summed E-state index contributed by atoms with van der Waals surface area (Å²) in [6, 6.07) is 11.3. The van der Waals surface area contributed by atoms with Gasteiger partial charge in [0.25, 0.3) is 21.6 Å². The van der Waals surface area contributed by atoms with E-state index in [1.54, 1.807) is 16.9 Å². The number of hydrogen-bond acceptors (Lipinski definition) is 6. The Bertz CT molecular complexity index is 1240. The average molecular weight is 458 g/mol. The smallest absolute Gasteiger partial charge is 0.273 e. The van der Waals surface area contributed by atoms with Gasteiger partial charge in [0.2, 0.25) is 0 Å². The Kier molecular flexibility index (Phi) is 6.89. The van der Waals surface area contributed by atoms with Crippen molar-refractivity contribution in [1.29, 1.82) is 0 Å². The molecule has 3 rings (SSSR count). The fourth-order valence-corrected chi connectivity index (χ4v) is 4.05. The second-order valence-corrected chi connectivity index (χ2v) is 8.82. The van der Waals surface area contributed by atoms with Gasteiger partial charge in [-0.1, -0.05) is 19.4 Å². The molecule has 1 heterocycles. The molecule has 1 aromatic heterocycles. The van der Waals surface area contributed by atoms with Crippen LogP contribution in [0.4, 0.5) is 17.2 Å². The molecule has 11 heteroatoms. The maximum atomic E-state index is 12.6. The summed E-state index contributed by atoms with van der Waals surface area (Å²) in [5.41, 5.74) is 0.637. The van der Waals surface area contributed by atoms with Gasteiger partial charge in [-0.3, -0.25) is 19.6 Å². The van der Waals surface area contributed by atoms with Crippen LogP contribution in [0.15, 0.2) is 59.6 Å². The zero-order chi connectivity index (χ0) is 23.3. The summed E-state index contributed by atoms with van der Waals surface area (Å²) in [6.07, 6.45) is 3.54. The summed E-state index contributed by atoms with van der Waals surface area (Å²) < 4.78 is 29.3. The summed E-state index contributed by atoms with van der Waals surface area (Å²) in [4.78, 5) is 22.8. The summed E-state index contributed by atoms with van der Waals surface area (Å²) in [6.45, 7) is 4.29. The minimum atomic E-state index is -4.04. The van der Waals surface area contributed by atoms with Gasteiger partial charge in [-0.25, -0.2) is 13.1 Å². The lowest BCUT2D eigenvalue weighted by Crippen LogP contribution is -2.16. The Labute approximate surface area is 185 Å². The highest BCUT2D eigenvalue weighted by Gasteiger charge is 2.20. The minimum absolute atomic E-state index is 0.220. The molecular weight excluding hydrogens is 434 g/mol. The standard InChI is InChI=1S/C21H23N5O5S/c1-3-4-13-25-20(11-12-22-25)23-21(27)16-6-8-17(9-7-16)24-32(30,31)18-10-5-15(2)19(14-18)26(28)29/h5-12,14,24H,3-4,13H2,1-2H3,(H,23,27). The topological polar surface area (TPSA) is 136 Å². The number of carbonyl (C=O) groups excluding carboxylic acids is 1. The van der Waals surface area contributed by atoms with Crippen molar-refractivity contribution in [2.45, 2.75) is 38.1 Å². The first-order valence-electron chi connectivity index (χ1n) is 9.92. The molecule has 168 valence electrons. The van der Waals surface area contributed by atoms with Crippen molar-refractivity contribution in [2.75, 3.05) is 10.0 Å². The van der Waals surface area contributed by atoms with Crippen LogP contribution >= 0.6 is 0 Å². The van der Waals surface area contributed by atoms with Crippen LogP contribution in [0.2, 0.25) is 0 Å². The molecular formula is C21H23N5O5S. The highest BCUT2D eigenvalue weighted by molar-refractivity contribution is 7.92. The molecule has 0 aliphatic carbocycles. The highest BCUT2D eigenvalue weighted by atomic mass is 32.2. The van der Waals surface area contributed by atoms with Gasteiger partial charge >= 0.3 is 0 Å². The number of carbonyl (C=O) groups is 1. The highest BCUT2D eigenvalue weighted by Crippen LogP contribution is 2.24. The number of amides is 1. The predicted molar refractivity (Wildman–Crippen MR) is 120 cm³/mol. The molecule has 0 saturated heterocycles. The number of aromatic nitrogens is 2. The van der Waals surface area contributed by atoms with Gasteiger partial charge in [0, 0.05) is 35.5 Å². The number of nitro benzene ring substituents is 1. The van der Waals surface area contributed by atoms with Crippen LogP contribution in [0.3, 0.4) is 0 Å². The normalized spacial score (nSPS) is 11.2. The van der Waals surface area contributed by atoms with Crippen molar-refractivity contribution in [3.8, 4) is 0 Å². The number of unbranched alkanes of at least 4 members (excludes halogenated alkanes) is 1. The largest absolute Gasteiger partial charge is 0.307 e. The van der Waals surface area contributed by atoms with E-state index in [4.69, 9.17) is 0 Å². The van der Waals surface area contributed by atoms with Crippen LogP contribution in [-0.4, -0.2) is 29.0 Å². The molecule has 0 saturated carbocycles. The molecule has 1 amide bonds. The lowest BCUT2D eigenvalue weighted by Gasteiger charge is -2.10. The molecule has 0 bridgehead atoms. The van der Waals surface area contributed by atoms with E-state index in [9.17, 15) is 23.3 Å². The summed E-state index contributed by atoms with van der Waals surface area (Å²) in [5.74, 6) is 0.223. The first-order valence-corrected chi connectivity index (χ1v) is 11.4. The third kappa shape index (κ3) is 5.30. The predicted octanol–water partition coefficient (Wildman–Crippen LogP) is 3.95. The van der Waals surface area contributed by atoms with Crippen LogP contribution in [0.1, 0.15) is 35.7 Å². The molecule has 0 radical (unpaired) electrons. The molecule has 0 atom stereocenters. The van der Waals surface area contributed by atoms with E-state index in [-0.39, 0.29) is 22.2 Å².